The molecule has 0 aromatic heterocycles. The Labute approximate surface area is 120 Å². The number of hydrogen-bond donors (Lipinski definition) is 3. The summed E-state index contributed by atoms with van der Waals surface area (Å²) in [6, 6.07) is -0.298. The van der Waals surface area contributed by atoms with Gasteiger partial charge in [0.1, 0.15) is 0 Å². The highest BCUT2D eigenvalue weighted by atomic mass is 16.5. The molecule has 1 rings (SSSR count). The summed E-state index contributed by atoms with van der Waals surface area (Å²) in [7, 11) is 0. The van der Waals surface area contributed by atoms with E-state index < -0.39 is 5.97 Å². The van der Waals surface area contributed by atoms with E-state index in [1.165, 1.54) is 0 Å². The van der Waals surface area contributed by atoms with Crippen LogP contribution < -0.4 is 10.6 Å². The molecule has 3 N–H and O–H groups in total. The lowest BCUT2D eigenvalue weighted by atomic mass is 9.79. The van der Waals surface area contributed by atoms with Gasteiger partial charge in [-0.15, -0.1) is 0 Å². The Bertz CT molecular complexity index is 333. The molecule has 0 atom stereocenters. The summed E-state index contributed by atoms with van der Waals surface area (Å²) in [6.45, 7) is 6.95. The van der Waals surface area contributed by atoms with Gasteiger partial charge in [-0.1, -0.05) is 0 Å². The fraction of sp³-hybridized carbons (Fsp3) is 0.857. The smallest absolute Gasteiger partial charge is 0.314 e. The molecule has 0 radical (unpaired) electrons. The summed E-state index contributed by atoms with van der Waals surface area (Å²) in [4.78, 5) is 21.6. The molecular weight excluding hydrogens is 260 g/mol. The molecule has 0 aromatic carbocycles. The van der Waals surface area contributed by atoms with Crippen molar-refractivity contribution in [2.45, 2.75) is 58.2 Å². The van der Waals surface area contributed by atoms with E-state index in [4.69, 9.17) is 9.84 Å². The maximum absolute atomic E-state index is 11.3. The third-order valence-electron chi connectivity index (χ3n) is 3.18. The number of carboxylic acids is 1. The van der Waals surface area contributed by atoms with Crippen molar-refractivity contribution in [1.29, 1.82) is 0 Å². The van der Waals surface area contributed by atoms with Crippen LogP contribution in [0.2, 0.25) is 0 Å². The van der Waals surface area contributed by atoms with Crippen LogP contribution in [-0.4, -0.2) is 41.9 Å². The van der Waals surface area contributed by atoms with Crippen molar-refractivity contribution in [3.63, 3.8) is 0 Å². The van der Waals surface area contributed by atoms with Crippen LogP contribution in [0, 0.1) is 5.92 Å². The van der Waals surface area contributed by atoms with Crippen LogP contribution >= 0.6 is 0 Å². The SMILES string of the molecule is CC(C)(C)OC1CC(CCNC(=O)NCCC(=O)O)C1. The Morgan fingerprint density at radius 1 is 1.20 bits per heavy atom. The van der Waals surface area contributed by atoms with Gasteiger partial charge in [-0.3, -0.25) is 4.79 Å². The summed E-state index contributed by atoms with van der Waals surface area (Å²) in [5, 5.41) is 13.7. The van der Waals surface area contributed by atoms with Crippen LogP contribution in [0.3, 0.4) is 0 Å². The van der Waals surface area contributed by atoms with E-state index in [2.05, 4.69) is 31.4 Å². The van der Waals surface area contributed by atoms with E-state index in [0.29, 0.717) is 18.6 Å². The van der Waals surface area contributed by atoms with Gasteiger partial charge in [-0.05, 0) is 46.0 Å². The number of carbonyl (C=O) groups excluding carboxylic acids is 1. The first kappa shape index (κ1) is 16.8. The van der Waals surface area contributed by atoms with Crippen LogP contribution in [0.25, 0.3) is 0 Å². The van der Waals surface area contributed by atoms with Crippen molar-refractivity contribution in [2.24, 2.45) is 5.92 Å². The van der Waals surface area contributed by atoms with Crippen LogP contribution in [0.1, 0.15) is 46.5 Å². The van der Waals surface area contributed by atoms with Gasteiger partial charge in [-0.2, -0.15) is 0 Å². The minimum Gasteiger partial charge on any atom is -0.481 e. The van der Waals surface area contributed by atoms with E-state index >= 15 is 0 Å². The average Bonchev–Trinajstić information content (AvgIpc) is 2.23. The molecule has 0 spiro atoms. The van der Waals surface area contributed by atoms with E-state index in [0.717, 1.165) is 19.3 Å². The van der Waals surface area contributed by atoms with Gasteiger partial charge in [0.2, 0.25) is 0 Å². The van der Waals surface area contributed by atoms with Crippen molar-refractivity contribution in [3.05, 3.63) is 0 Å². The lowest BCUT2D eigenvalue weighted by molar-refractivity contribution is -0.136. The fourth-order valence-electron chi connectivity index (χ4n) is 2.24. The van der Waals surface area contributed by atoms with E-state index in [1.807, 2.05) is 0 Å². The molecule has 0 unspecified atom stereocenters. The number of carboxylic acid groups (broad SMARTS) is 1. The largest absolute Gasteiger partial charge is 0.481 e. The Kier molecular flexibility index (Phi) is 6.26. The van der Waals surface area contributed by atoms with E-state index in [1.54, 1.807) is 0 Å². The Morgan fingerprint density at radius 3 is 2.35 bits per heavy atom. The van der Waals surface area contributed by atoms with Crippen molar-refractivity contribution in [1.82, 2.24) is 10.6 Å². The number of carbonyl (C=O) groups is 2. The second-order valence-corrected chi connectivity index (χ2v) is 6.30. The van der Waals surface area contributed by atoms with Gasteiger partial charge in [0.05, 0.1) is 18.1 Å². The Hall–Kier alpha value is -1.30. The van der Waals surface area contributed by atoms with Crippen molar-refractivity contribution in [3.8, 4) is 0 Å². The number of urea groups is 1. The zero-order chi connectivity index (χ0) is 15.2. The molecule has 1 fully saturated rings. The summed E-state index contributed by atoms with van der Waals surface area (Å²) < 4.78 is 5.85. The lowest BCUT2D eigenvalue weighted by Gasteiger charge is -2.39. The number of aliphatic carboxylic acids is 1. The topological polar surface area (TPSA) is 87.7 Å². The third-order valence-corrected chi connectivity index (χ3v) is 3.18. The number of amides is 2. The molecule has 0 aliphatic heterocycles. The summed E-state index contributed by atoms with van der Waals surface area (Å²) >= 11 is 0. The summed E-state index contributed by atoms with van der Waals surface area (Å²) in [5.41, 5.74) is -0.0854. The molecule has 0 saturated heterocycles. The first-order valence-corrected chi connectivity index (χ1v) is 7.17. The minimum atomic E-state index is -0.912. The standard InChI is InChI=1S/C14H26N2O4/c1-14(2,3)20-11-8-10(9-11)4-6-15-13(19)16-7-5-12(17)18/h10-11H,4-9H2,1-3H3,(H,17,18)(H2,15,16,19). The van der Waals surface area contributed by atoms with Crippen molar-refractivity contribution < 1.29 is 19.4 Å². The van der Waals surface area contributed by atoms with Crippen LogP contribution in [0.5, 0.6) is 0 Å². The third kappa shape index (κ3) is 7.33. The first-order valence-electron chi connectivity index (χ1n) is 7.17. The highest BCUT2D eigenvalue weighted by Crippen LogP contribution is 2.34. The molecule has 0 bridgehead atoms. The van der Waals surface area contributed by atoms with Gasteiger partial charge in [0.25, 0.3) is 0 Å². The molecule has 6 heteroatoms. The van der Waals surface area contributed by atoms with Gasteiger partial charge in [0.15, 0.2) is 0 Å². The number of ether oxygens (including phenoxy) is 1. The first-order chi connectivity index (χ1) is 9.26. The highest BCUT2D eigenvalue weighted by Gasteiger charge is 2.32. The second-order valence-electron chi connectivity index (χ2n) is 6.30. The van der Waals surface area contributed by atoms with Gasteiger partial charge in [-0.25, -0.2) is 4.79 Å². The summed E-state index contributed by atoms with van der Waals surface area (Å²) in [5.74, 6) is -0.300. The average molecular weight is 286 g/mol. The predicted molar refractivity (Wildman–Crippen MR) is 75.6 cm³/mol. The Morgan fingerprint density at radius 2 is 1.80 bits per heavy atom. The number of rotatable bonds is 7. The van der Waals surface area contributed by atoms with E-state index in [9.17, 15) is 9.59 Å². The van der Waals surface area contributed by atoms with Crippen LogP contribution in [-0.2, 0) is 9.53 Å². The molecule has 2 amide bonds. The highest BCUT2D eigenvalue weighted by molar-refractivity contribution is 5.74. The molecule has 0 aromatic rings. The molecule has 20 heavy (non-hydrogen) atoms. The fourth-order valence-corrected chi connectivity index (χ4v) is 2.24. The maximum atomic E-state index is 11.3. The summed E-state index contributed by atoms with van der Waals surface area (Å²) in [6.07, 6.45) is 3.35. The molecule has 116 valence electrons. The van der Waals surface area contributed by atoms with Crippen molar-refractivity contribution >= 4 is 12.0 Å². The quantitative estimate of drug-likeness (QED) is 0.665. The van der Waals surface area contributed by atoms with Gasteiger partial charge < -0.3 is 20.5 Å². The lowest BCUT2D eigenvalue weighted by Crippen LogP contribution is -2.41. The molecule has 1 saturated carbocycles. The van der Waals surface area contributed by atoms with E-state index in [-0.39, 0.29) is 24.6 Å². The van der Waals surface area contributed by atoms with Gasteiger partial charge in [0, 0.05) is 13.1 Å². The normalized spacial score (nSPS) is 21.9. The van der Waals surface area contributed by atoms with Crippen LogP contribution in [0.4, 0.5) is 4.79 Å². The molecular formula is C14H26N2O4. The Balaban J connectivity index is 1.98. The predicted octanol–water partition coefficient (Wildman–Crippen LogP) is 1.74. The molecule has 1 aliphatic rings. The van der Waals surface area contributed by atoms with Crippen molar-refractivity contribution in [2.75, 3.05) is 13.1 Å². The van der Waals surface area contributed by atoms with Gasteiger partial charge >= 0.3 is 12.0 Å². The number of nitrogens with one attached hydrogen (secondary N) is 2. The minimum absolute atomic E-state index is 0.0537. The number of hydrogen-bond acceptors (Lipinski definition) is 3. The molecule has 1 aliphatic carbocycles. The second kappa shape index (κ2) is 7.47. The molecule has 0 heterocycles. The zero-order valence-corrected chi connectivity index (χ0v) is 12.6. The van der Waals surface area contributed by atoms with Crippen LogP contribution in [0.15, 0.2) is 0 Å². The monoisotopic (exact) mass is 286 g/mol. The molecule has 6 nitrogen and oxygen atoms in total. The zero-order valence-electron chi connectivity index (χ0n) is 12.6. The maximum Gasteiger partial charge on any atom is 0.314 e.